The van der Waals surface area contributed by atoms with Crippen molar-refractivity contribution in [1.29, 1.82) is 0 Å². The molecular weight excluding hydrogens is 348 g/mol. The number of hydrogen-bond acceptors (Lipinski definition) is 4. The molecule has 0 amide bonds. The summed E-state index contributed by atoms with van der Waals surface area (Å²) in [6.07, 6.45) is 9.01. The summed E-state index contributed by atoms with van der Waals surface area (Å²) in [7, 11) is 0. The van der Waals surface area contributed by atoms with Gasteiger partial charge < -0.3 is 9.74 Å². The van der Waals surface area contributed by atoms with Gasteiger partial charge in [0.1, 0.15) is 0 Å². The molecule has 0 saturated heterocycles. The van der Waals surface area contributed by atoms with Gasteiger partial charge in [0, 0.05) is 6.04 Å². The lowest BCUT2D eigenvalue weighted by molar-refractivity contribution is 0.0515. The van der Waals surface area contributed by atoms with Crippen LogP contribution >= 0.6 is 0 Å². The minimum absolute atomic E-state index is 0.369. The standard InChI is InChI=1S/C24H34N2O2/c1-4-15-26(16-5-2)21-13-14-22-20(17-21)7-6-8-23(22)25-28-24(27)19-11-9-18(3)10-12-19/h9-12,21H,4-8,13-17H2,1-3H3/b25-23+. The van der Waals surface area contributed by atoms with Gasteiger partial charge in [0.05, 0.1) is 11.3 Å². The minimum atomic E-state index is -0.369. The molecule has 0 fully saturated rings. The number of carbonyl (C=O) groups excluding carboxylic acids is 1. The number of carbonyl (C=O) groups is 1. The van der Waals surface area contributed by atoms with Gasteiger partial charge in [-0.2, -0.15) is 0 Å². The first kappa shape index (κ1) is 20.8. The molecule has 4 heteroatoms. The van der Waals surface area contributed by atoms with Gasteiger partial charge in [-0.15, -0.1) is 0 Å². The van der Waals surface area contributed by atoms with E-state index in [1.165, 1.54) is 44.3 Å². The summed E-state index contributed by atoms with van der Waals surface area (Å²) in [6, 6.07) is 8.10. The zero-order valence-electron chi connectivity index (χ0n) is 17.7. The average Bonchev–Trinajstić information content (AvgIpc) is 2.72. The van der Waals surface area contributed by atoms with Crippen molar-refractivity contribution in [3.63, 3.8) is 0 Å². The van der Waals surface area contributed by atoms with Crippen LogP contribution in [-0.4, -0.2) is 35.7 Å². The Morgan fingerprint density at radius 2 is 1.82 bits per heavy atom. The van der Waals surface area contributed by atoms with Gasteiger partial charge in [0.2, 0.25) is 0 Å². The Morgan fingerprint density at radius 3 is 2.50 bits per heavy atom. The molecule has 0 heterocycles. The number of aryl methyl sites for hydroxylation is 1. The molecular formula is C24H34N2O2. The second kappa shape index (κ2) is 10.0. The normalized spacial score (nSPS) is 21.1. The number of hydrogen-bond donors (Lipinski definition) is 0. The second-order valence-electron chi connectivity index (χ2n) is 8.15. The zero-order valence-corrected chi connectivity index (χ0v) is 17.7. The van der Waals surface area contributed by atoms with Crippen LogP contribution < -0.4 is 0 Å². The van der Waals surface area contributed by atoms with Gasteiger partial charge in [0.15, 0.2) is 0 Å². The maximum absolute atomic E-state index is 12.3. The molecule has 152 valence electrons. The quantitative estimate of drug-likeness (QED) is 0.451. The first-order chi connectivity index (χ1) is 13.6. The van der Waals surface area contributed by atoms with E-state index in [0.717, 1.165) is 37.0 Å². The number of benzene rings is 1. The van der Waals surface area contributed by atoms with E-state index in [9.17, 15) is 4.79 Å². The molecule has 0 aliphatic heterocycles. The van der Waals surface area contributed by atoms with Crippen LogP contribution in [-0.2, 0) is 4.84 Å². The van der Waals surface area contributed by atoms with E-state index >= 15 is 0 Å². The number of allylic oxidation sites excluding steroid dienone is 1. The lowest BCUT2D eigenvalue weighted by Gasteiger charge is -2.37. The van der Waals surface area contributed by atoms with Crippen LogP contribution in [0.4, 0.5) is 0 Å². The van der Waals surface area contributed by atoms with E-state index in [2.05, 4.69) is 23.9 Å². The third-order valence-electron chi connectivity index (χ3n) is 5.94. The van der Waals surface area contributed by atoms with Gasteiger partial charge in [0.25, 0.3) is 0 Å². The van der Waals surface area contributed by atoms with E-state index in [4.69, 9.17) is 4.84 Å². The topological polar surface area (TPSA) is 41.9 Å². The first-order valence-corrected chi connectivity index (χ1v) is 10.9. The van der Waals surface area contributed by atoms with Crippen molar-refractivity contribution in [2.75, 3.05) is 13.1 Å². The fourth-order valence-corrected chi connectivity index (χ4v) is 4.52. The second-order valence-corrected chi connectivity index (χ2v) is 8.15. The molecule has 1 atom stereocenters. The Labute approximate surface area is 169 Å². The highest BCUT2D eigenvalue weighted by Gasteiger charge is 2.29. The van der Waals surface area contributed by atoms with E-state index < -0.39 is 0 Å². The van der Waals surface area contributed by atoms with Crippen molar-refractivity contribution >= 4 is 11.7 Å². The molecule has 1 unspecified atom stereocenters. The van der Waals surface area contributed by atoms with Crippen molar-refractivity contribution in [3.05, 3.63) is 46.5 Å². The van der Waals surface area contributed by atoms with Crippen molar-refractivity contribution in [1.82, 2.24) is 4.90 Å². The van der Waals surface area contributed by atoms with Crippen LogP contribution in [0, 0.1) is 6.92 Å². The fourth-order valence-electron chi connectivity index (χ4n) is 4.52. The number of oxime groups is 1. The van der Waals surface area contributed by atoms with E-state index in [1.54, 1.807) is 17.7 Å². The highest BCUT2D eigenvalue weighted by atomic mass is 16.7. The lowest BCUT2D eigenvalue weighted by Crippen LogP contribution is -2.39. The molecule has 1 aromatic carbocycles. The van der Waals surface area contributed by atoms with Crippen LogP contribution in [0.25, 0.3) is 0 Å². The van der Waals surface area contributed by atoms with Gasteiger partial charge in [-0.05, 0) is 89.1 Å². The molecule has 0 spiro atoms. The maximum atomic E-state index is 12.3. The van der Waals surface area contributed by atoms with Crippen LogP contribution in [0.3, 0.4) is 0 Å². The summed E-state index contributed by atoms with van der Waals surface area (Å²) < 4.78 is 0. The summed E-state index contributed by atoms with van der Waals surface area (Å²) in [5.74, 6) is -0.369. The smallest absolute Gasteiger partial charge is 0.313 e. The molecule has 28 heavy (non-hydrogen) atoms. The van der Waals surface area contributed by atoms with Crippen molar-refractivity contribution in [3.8, 4) is 0 Å². The molecule has 0 saturated carbocycles. The Balaban J connectivity index is 1.68. The molecule has 0 N–H and O–H groups in total. The van der Waals surface area contributed by atoms with Crippen LogP contribution in [0.1, 0.15) is 81.1 Å². The molecule has 0 bridgehead atoms. The molecule has 0 aromatic heterocycles. The average molecular weight is 383 g/mol. The summed E-state index contributed by atoms with van der Waals surface area (Å²) in [5.41, 5.74) is 5.59. The van der Waals surface area contributed by atoms with Crippen LogP contribution in [0.5, 0.6) is 0 Å². The van der Waals surface area contributed by atoms with Crippen molar-refractivity contribution in [2.45, 2.75) is 78.2 Å². The Bertz CT molecular complexity index is 727. The predicted octanol–water partition coefficient (Wildman–Crippen LogP) is 5.66. The van der Waals surface area contributed by atoms with Crippen LogP contribution in [0.15, 0.2) is 40.6 Å². The Hall–Kier alpha value is -1.94. The first-order valence-electron chi connectivity index (χ1n) is 10.9. The molecule has 1 aromatic rings. The molecule has 3 rings (SSSR count). The van der Waals surface area contributed by atoms with E-state index in [1.807, 2.05) is 19.1 Å². The predicted molar refractivity (Wildman–Crippen MR) is 115 cm³/mol. The minimum Gasteiger partial charge on any atom is -0.313 e. The maximum Gasteiger partial charge on any atom is 0.365 e. The summed E-state index contributed by atoms with van der Waals surface area (Å²) in [6.45, 7) is 8.92. The van der Waals surface area contributed by atoms with Crippen LogP contribution in [0.2, 0.25) is 0 Å². The lowest BCUT2D eigenvalue weighted by atomic mass is 9.78. The van der Waals surface area contributed by atoms with Gasteiger partial charge in [-0.25, -0.2) is 4.79 Å². The Kier molecular flexibility index (Phi) is 7.43. The fraction of sp³-hybridized carbons (Fsp3) is 0.583. The number of rotatable bonds is 7. The van der Waals surface area contributed by atoms with Gasteiger partial charge in [-0.3, -0.25) is 0 Å². The van der Waals surface area contributed by atoms with Gasteiger partial charge >= 0.3 is 5.97 Å². The third-order valence-corrected chi connectivity index (χ3v) is 5.94. The summed E-state index contributed by atoms with van der Waals surface area (Å²) in [4.78, 5) is 20.3. The molecule has 4 nitrogen and oxygen atoms in total. The monoisotopic (exact) mass is 382 g/mol. The summed E-state index contributed by atoms with van der Waals surface area (Å²) >= 11 is 0. The highest BCUT2D eigenvalue weighted by molar-refractivity contribution is 6.02. The van der Waals surface area contributed by atoms with Gasteiger partial charge in [-0.1, -0.05) is 42.3 Å². The van der Waals surface area contributed by atoms with E-state index in [0.29, 0.717) is 11.6 Å². The molecule has 2 aliphatic rings. The highest BCUT2D eigenvalue weighted by Crippen LogP contribution is 2.36. The largest absolute Gasteiger partial charge is 0.365 e. The van der Waals surface area contributed by atoms with Crippen molar-refractivity contribution in [2.24, 2.45) is 5.16 Å². The zero-order chi connectivity index (χ0) is 19.9. The SMILES string of the molecule is CCCN(CCC)C1CCC2=C(CCC/C2=N\OC(=O)c2ccc(C)cc2)C1. The third kappa shape index (κ3) is 5.11. The molecule has 2 aliphatic carbocycles. The Morgan fingerprint density at radius 1 is 1.11 bits per heavy atom. The van der Waals surface area contributed by atoms with Crippen molar-refractivity contribution < 1.29 is 9.63 Å². The number of nitrogens with zero attached hydrogens (tertiary/aromatic N) is 2. The molecule has 0 radical (unpaired) electrons. The summed E-state index contributed by atoms with van der Waals surface area (Å²) in [5, 5.41) is 4.30. The van der Waals surface area contributed by atoms with E-state index in [-0.39, 0.29) is 5.97 Å².